The number of hydrogen-bond acceptors (Lipinski definition) is 3. The highest BCUT2D eigenvalue weighted by Gasteiger charge is 2.12. The van der Waals surface area contributed by atoms with Crippen molar-refractivity contribution < 1.29 is 19.4 Å². The van der Waals surface area contributed by atoms with E-state index < -0.39 is 5.97 Å². The summed E-state index contributed by atoms with van der Waals surface area (Å²) in [6.45, 7) is 1.96. The summed E-state index contributed by atoms with van der Waals surface area (Å²) in [5.41, 5.74) is 0. The maximum absolute atomic E-state index is 9.00. The molecule has 11 heavy (non-hydrogen) atoms. The Balaban J connectivity index is 0.000000218. The SMILES string of the molecule is CC(=O)O.COC1CCCO1. The summed E-state index contributed by atoms with van der Waals surface area (Å²) < 4.78 is 9.97. The van der Waals surface area contributed by atoms with E-state index in [2.05, 4.69) is 0 Å². The molecule has 1 aliphatic heterocycles. The first-order valence-electron chi connectivity index (χ1n) is 3.50. The van der Waals surface area contributed by atoms with Gasteiger partial charge in [0.2, 0.25) is 0 Å². The summed E-state index contributed by atoms with van der Waals surface area (Å²) in [5.74, 6) is -0.833. The third-order valence-corrected chi connectivity index (χ3v) is 1.15. The topological polar surface area (TPSA) is 55.8 Å². The molecule has 4 nitrogen and oxygen atoms in total. The van der Waals surface area contributed by atoms with Gasteiger partial charge in [0.25, 0.3) is 5.97 Å². The molecule has 1 rings (SSSR count). The predicted octanol–water partition coefficient (Wildman–Crippen LogP) is 0.860. The maximum Gasteiger partial charge on any atom is 0.300 e. The molecule has 1 atom stereocenters. The van der Waals surface area contributed by atoms with Gasteiger partial charge in [0, 0.05) is 27.1 Å². The zero-order valence-electron chi connectivity index (χ0n) is 6.87. The fraction of sp³-hybridized carbons (Fsp3) is 0.857. The maximum atomic E-state index is 9.00. The van der Waals surface area contributed by atoms with Crippen LogP contribution < -0.4 is 0 Å². The molecule has 1 fully saturated rings. The van der Waals surface area contributed by atoms with Gasteiger partial charge in [0.15, 0.2) is 6.29 Å². The van der Waals surface area contributed by atoms with Gasteiger partial charge in [0.05, 0.1) is 0 Å². The molecule has 0 aromatic carbocycles. The number of ether oxygens (including phenoxy) is 2. The minimum Gasteiger partial charge on any atom is -0.481 e. The molecule has 66 valence electrons. The Morgan fingerprint density at radius 3 is 2.45 bits per heavy atom. The summed E-state index contributed by atoms with van der Waals surface area (Å²) >= 11 is 0. The number of rotatable bonds is 1. The molecule has 1 saturated heterocycles. The Morgan fingerprint density at radius 1 is 1.73 bits per heavy atom. The third-order valence-electron chi connectivity index (χ3n) is 1.15. The number of carboxylic acids is 1. The van der Waals surface area contributed by atoms with Crippen molar-refractivity contribution in [1.29, 1.82) is 0 Å². The molecule has 0 aromatic heterocycles. The van der Waals surface area contributed by atoms with E-state index in [0.29, 0.717) is 0 Å². The molecule has 0 aliphatic carbocycles. The van der Waals surface area contributed by atoms with E-state index >= 15 is 0 Å². The molecule has 1 heterocycles. The van der Waals surface area contributed by atoms with Crippen molar-refractivity contribution in [3.63, 3.8) is 0 Å². The second-order valence-corrected chi connectivity index (χ2v) is 2.20. The van der Waals surface area contributed by atoms with E-state index in [-0.39, 0.29) is 6.29 Å². The van der Waals surface area contributed by atoms with Gasteiger partial charge in [-0.2, -0.15) is 0 Å². The summed E-state index contributed by atoms with van der Waals surface area (Å²) in [7, 11) is 1.68. The van der Waals surface area contributed by atoms with Crippen LogP contribution in [0.5, 0.6) is 0 Å². The fourth-order valence-corrected chi connectivity index (χ4v) is 0.734. The van der Waals surface area contributed by atoms with Gasteiger partial charge in [0.1, 0.15) is 0 Å². The fourth-order valence-electron chi connectivity index (χ4n) is 0.734. The zero-order chi connectivity index (χ0) is 8.69. The van der Waals surface area contributed by atoms with Crippen LogP contribution in [-0.4, -0.2) is 31.1 Å². The second-order valence-electron chi connectivity index (χ2n) is 2.20. The molecule has 1 N–H and O–H groups in total. The highest BCUT2D eigenvalue weighted by atomic mass is 16.7. The summed E-state index contributed by atoms with van der Waals surface area (Å²) in [5, 5.41) is 7.42. The molecule has 0 radical (unpaired) electrons. The monoisotopic (exact) mass is 162 g/mol. The lowest BCUT2D eigenvalue weighted by Gasteiger charge is -2.03. The zero-order valence-corrected chi connectivity index (χ0v) is 6.87. The van der Waals surface area contributed by atoms with Crippen molar-refractivity contribution in [2.45, 2.75) is 26.1 Å². The van der Waals surface area contributed by atoms with E-state index in [1.807, 2.05) is 0 Å². The molecular formula is C7H14O4. The highest BCUT2D eigenvalue weighted by molar-refractivity contribution is 5.62. The van der Waals surface area contributed by atoms with E-state index in [4.69, 9.17) is 19.4 Å². The number of carbonyl (C=O) groups is 1. The lowest BCUT2D eigenvalue weighted by Crippen LogP contribution is -2.05. The van der Waals surface area contributed by atoms with Crippen LogP contribution in [0, 0.1) is 0 Å². The van der Waals surface area contributed by atoms with Crippen LogP contribution in [0.25, 0.3) is 0 Å². The van der Waals surface area contributed by atoms with Gasteiger partial charge < -0.3 is 14.6 Å². The van der Waals surface area contributed by atoms with Crippen molar-refractivity contribution in [2.75, 3.05) is 13.7 Å². The molecule has 0 amide bonds. The van der Waals surface area contributed by atoms with Crippen LogP contribution in [0.15, 0.2) is 0 Å². The van der Waals surface area contributed by atoms with Crippen molar-refractivity contribution in [3.05, 3.63) is 0 Å². The quantitative estimate of drug-likeness (QED) is 0.621. The lowest BCUT2D eigenvalue weighted by molar-refractivity contribution is -0.134. The van der Waals surface area contributed by atoms with Gasteiger partial charge in [-0.3, -0.25) is 4.79 Å². The summed E-state index contributed by atoms with van der Waals surface area (Å²) in [6.07, 6.45) is 2.31. The number of carboxylic acid groups (broad SMARTS) is 1. The number of methoxy groups -OCH3 is 1. The first-order chi connectivity index (χ1) is 5.16. The smallest absolute Gasteiger partial charge is 0.300 e. The van der Waals surface area contributed by atoms with Crippen molar-refractivity contribution in [3.8, 4) is 0 Å². The Hall–Kier alpha value is -0.610. The van der Waals surface area contributed by atoms with Crippen LogP contribution in [0.3, 0.4) is 0 Å². The summed E-state index contributed by atoms with van der Waals surface area (Å²) in [4.78, 5) is 9.00. The van der Waals surface area contributed by atoms with E-state index in [9.17, 15) is 0 Å². The van der Waals surface area contributed by atoms with Gasteiger partial charge in [-0.15, -0.1) is 0 Å². The van der Waals surface area contributed by atoms with Crippen LogP contribution in [-0.2, 0) is 14.3 Å². The van der Waals surface area contributed by atoms with Gasteiger partial charge in [-0.1, -0.05) is 0 Å². The van der Waals surface area contributed by atoms with Gasteiger partial charge in [-0.05, 0) is 6.42 Å². The Morgan fingerprint density at radius 2 is 2.27 bits per heavy atom. The van der Waals surface area contributed by atoms with Crippen LogP contribution in [0.2, 0.25) is 0 Å². The predicted molar refractivity (Wildman–Crippen MR) is 39.3 cm³/mol. The van der Waals surface area contributed by atoms with Crippen molar-refractivity contribution >= 4 is 5.97 Å². The molecule has 0 saturated carbocycles. The molecule has 0 aromatic rings. The minimum atomic E-state index is -0.833. The van der Waals surface area contributed by atoms with Gasteiger partial charge in [-0.25, -0.2) is 0 Å². The normalized spacial score (nSPS) is 22.2. The average molecular weight is 162 g/mol. The summed E-state index contributed by atoms with van der Waals surface area (Å²) in [6, 6.07) is 0. The van der Waals surface area contributed by atoms with Crippen LogP contribution in [0.1, 0.15) is 19.8 Å². The minimum absolute atomic E-state index is 0.0972. The number of hydrogen-bond donors (Lipinski definition) is 1. The van der Waals surface area contributed by atoms with Gasteiger partial charge >= 0.3 is 0 Å². The first-order valence-corrected chi connectivity index (χ1v) is 3.50. The standard InChI is InChI=1S/C5H10O2.C2H4O2/c1-6-5-3-2-4-7-5;1-2(3)4/h5H,2-4H2,1H3;1H3,(H,3,4). The van der Waals surface area contributed by atoms with Crippen LogP contribution >= 0.6 is 0 Å². The second kappa shape index (κ2) is 6.12. The number of aliphatic carboxylic acids is 1. The van der Waals surface area contributed by atoms with E-state index in [1.165, 1.54) is 0 Å². The molecule has 4 heteroatoms. The largest absolute Gasteiger partial charge is 0.481 e. The lowest BCUT2D eigenvalue weighted by atomic mass is 10.4. The molecule has 0 bridgehead atoms. The van der Waals surface area contributed by atoms with E-state index in [0.717, 1.165) is 26.4 Å². The molecular weight excluding hydrogens is 148 g/mol. The first kappa shape index (κ1) is 10.4. The molecule has 1 aliphatic rings. The van der Waals surface area contributed by atoms with Crippen molar-refractivity contribution in [1.82, 2.24) is 0 Å². The van der Waals surface area contributed by atoms with Crippen molar-refractivity contribution in [2.24, 2.45) is 0 Å². The Bertz CT molecular complexity index is 103. The Labute approximate surface area is 66.1 Å². The Kier molecular flexibility index (Phi) is 5.78. The van der Waals surface area contributed by atoms with Crippen LogP contribution in [0.4, 0.5) is 0 Å². The highest BCUT2D eigenvalue weighted by Crippen LogP contribution is 2.10. The molecule has 1 unspecified atom stereocenters. The molecule has 0 spiro atoms. The van der Waals surface area contributed by atoms with E-state index in [1.54, 1.807) is 7.11 Å². The average Bonchev–Trinajstić information content (AvgIpc) is 2.36. The third kappa shape index (κ3) is 7.29.